The van der Waals surface area contributed by atoms with Crippen molar-refractivity contribution in [3.05, 3.63) is 42.4 Å². The lowest BCUT2D eigenvalue weighted by molar-refractivity contribution is 0.0448. The predicted octanol–water partition coefficient (Wildman–Crippen LogP) is 1.95. The fourth-order valence-corrected chi connectivity index (χ4v) is 4.65. The monoisotopic (exact) mass is 465 g/mol. The second kappa shape index (κ2) is 8.03. The third-order valence-corrected chi connectivity index (χ3v) is 6.73. The van der Waals surface area contributed by atoms with E-state index in [-0.39, 0.29) is 25.2 Å². The summed E-state index contributed by atoms with van der Waals surface area (Å²) in [5.74, 6) is 0.304. The van der Waals surface area contributed by atoms with E-state index >= 15 is 0 Å². The average molecular weight is 465 g/mol. The standard InChI is InChI=1S/C23H24FN7O3/c1-25-20-7-17(28-22-13(8-27-31(20)22)23(33)29-16-4-5-19(16)32)14-9-30(18-11-34-10-15(18)24)21-12(14)3-2-6-26-21/h2-3,6-9,15-16,18-19,25,32H,4-5,10-11H2,1H3,(H,29,33)/t15-,16?,18+,19+/m0/s1. The number of aromatic nitrogens is 5. The van der Waals surface area contributed by atoms with Crippen LogP contribution in [0.5, 0.6) is 0 Å². The summed E-state index contributed by atoms with van der Waals surface area (Å²) in [7, 11) is 1.76. The molecule has 0 bridgehead atoms. The SMILES string of the molecule is CNc1cc(-c2cn([C@@H]3COC[C@@H]3F)c3ncccc23)nc2c(C(=O)NC3CC[C@H]3O)cnn12. The molecule has 3 N–H and O–H groups in total. The molecule has 2 fully saturated rings. The van der Waals surface area contributed by atoms with Gasteiger partial charge in [-0.15, -0.1) is 0 Å². The molecule has 4 aromatic heterocycles. The van der Waals surface area contributed by atoms with Gasteiger partial charge in [0.15, 0.2) is 5.65 Å². The molecule has 176 valence electrons. The molecule has 1 saturated heterocycles. The summed E-state index contributed by atoms with van der Waals surface area (Å²) in [6.07, 6.45) is 4.76. The Morgan fingerprint density at radius 3 is 2.88 bits per heavy atom. The maximum Gasteiger partial charge on any atom is 0.257 e. The number of hydrogen-bond donors (Lipinski definition) is 3. The summed E-state index contributed by atoms with van der Waals surface area (Å²) < 4.78 is 23.3. The smallest absolute Gasteiger partial charge is 0.257 e. The molecule has 5 heterocycles. The predicted molar refractivity (Wildman–Crippen MR) is 123 cm³/mol. The molecule has 4 atom stereocenters. The Labute approximate surface area is 193 Å². The van der Waals surface area contributed by atoms with Gasteiger partial charge in [-0.3, -0.25) is 4.79 Å². The Bertz CT molecular complexity index is 1400. The zero-order valence-corrected chi connectivity index (χ0v) is 18.5. The third kappa shape index (κ3) is 3.23. The van der Waals surface area contributed by atoms with Crippen LogP contribution in [0.15, 0.2) is 36.8 Å². The van der Waals surface area contributed by atoms with Crippen molar-refractivity contribution in [3.8, 4) is 11.3 Å². The largest absolute Gasteiger partial charge is 0.391 e. The summed E-state index contributed by atoms with van der Waals surface area (Å²) in [6.45, 7) is 0.333. The van der Waals surface area contributed by atoms with E-state index in [4.69, 9.17) is 9.72 Å². The Morgan fingerprint density at radius 2 is 2.18 bits per heavy atom. The minimum absolute atomic E-state index is 0.0601. The highest BCUT2D eigenvalue weighted by molar-refractivity contribution is 6.01. The number of anilines is 1. The van der Waals surface area contributed by atoms with E-state index in [0.717, 1.165) is 17.4 Å². The topological polar surface area (TPSA) is 119 Å². The number of rotatable bonds is 5. The van der Waals surface area contributed by atoms with Crippen LogP contribution in [0.3, 0.4) is 0 Å². The molecule has 2 aliphatic rings. The number of fused-ring (bicyclic) bond motifs is 2. The van der Waals surface area contributed by atoms with E-state index < -0.39 is 18.3 Å². The van der Waals surface area contributed by atoms with Gasteiger partial charge in [0.1, 0.15) is 23.2 Å². The number of pyridine rings is 1. The first-order chi connectivity index (χ1) is 16.5. The van der Waals surface area contributed by atoms with Crippen LogP contribution >= 0.6 is 0 Å². The maximum absolute atomic E-state index is 14.5. The molecule has 0 radical (unpaired) electrons. The van der Waals surface area contributed by atoms with Gasteiger partial charge in [-0.2, -0.15) is 9.61 Å². The zero-order valence-electron chi connectivity index (χ0n) is 18.5. The number of carbonyl (C=O) groups excluding carboxylic acids is 1. The number of amides is 1. The molecule has 34 heavy (non-hydrogen) atoms. The lowest BCUT2D eigenvalue weighted by atomic mass is 9.89. The van der Waals surface area contributed by atoms with Crippen molar-refractivity contribution in [1.29, 1.82) is 0 Å². The van der Waals surface area contributed by atoms with Crippen LogP contribution in [-0.4, -0.2) is 73.7 Å². The fourth-order valence-electron chi connectivity index (χ4n) is 4.65. The van der Waals surface area contributed by atoms with Crippen LogP contribution in [0.25, 0.3) is 27.9 Å². The van der Waals surface area contributed by atoms with E-state index in [2.05, 4.69) is 20.7 Å². The normalized spacial score (nSPS) is 24.4. The molecule has 1 unspecified atom stereocenters. The quantitative estimate of drug-likeness (QED) is 0.412. The summed E-state index contributed by atoms with van der Waals surface area (Å²) in [6, 6.07) is 4.85. The van der Waals surface area contributed by atoms with Gasteiger partial charge in [-0.25, -0.2) is 14.4 Å². The van der Waals surface area contributed by atoms with Crippen molar-refractivity contribution in [2.75, 3.05) is 25.6 Å². The molecule has 1 aliphatic heterocycles. The summed E-state index contributed by atoms with van der Waals surface area (Å²) in [5, 5.41) is 21.0. The van der Waals surface area contributed by atoms with Crippen molar-refractivity contribution < 1.29 is 19.0 Å². The van der Waals surface area contributed by atoms with Crippen molar-refractivity contribution in [1.82, 2.24) is 29.5 Å². The number of nitrogens with one attached hydrogen (secondary N) is 2. The van der Waals surface area contributed by atoms with Crippen molar-refractivity contribution >= 4 is 28.4 Å². The van der Waals surface area contributed by atoms with E-state index in [1.54, 1.807) is 17.8 Å². The van der Waals surface area contributed by atoms with E-state index in [1.165, 1.54) is 6.20 Å². The second-order valence-electron chi connectivity index (χ2n) is 8.74. The van der Waals surface area contributed by atoms with Crippen LogP contribution in [0.1, 0.15) is 29.2 Å². The number of carbonyl (C=O) groups is 1. The van der Waals surface area contributed by atoms with Crippen LogP contribution in [0.4, 0.5) is 10.2 Å². The number of aliphatic hydroxyl groups excluding tert-OH is 1. The number of ether oxygens (including phenoxy) is 1. The van der Waals surface area contributed by atoms with E-state index in [1.807, 2.05) is 29.0 Å². The van der Waals surface area contributed by atoms with Gasteiger partial charge in [0.05, 0.1) is 43.3 Å². The summed E-state index contributed by atoms with van der Waals surface area (Å²) in [5.41, 5.74) is 2.70. The minimum atomic E-state index is -1.12. The number of alkyl halides is 1. The number of aliphatic hydroxyl groups is 1. The van der Waals surface area contributed by atoms with Gasteiger partial charge in [0, 0.05) is 36.5 Å². The van der Waals surface area contributed by atoms with Crippen LogP contribution < -0.4 is 10.6 Å². The van der Waals surface area contributed by atoms with E-state index in [0.29, 0.717) is 34.8 Å². The third-order valence-electron chi connectivity index (χ3n) is 6.73. The highest BCUT2D eigenvalue weighted by atomic mass is 19.1. The van der Waals surface area contributed by atoms with Gasteiger partial charge >= 0.3 is 0 Å². The van der Waals surface area contributed by atoms with Crippen molar-refractivity contribution in [2.45, 2.75) is 37.2 Å². The molecule has 6 rings (SSSR count). The number of halogens is 1. The number of nitrogens with zero attached hydrogens (tertiary/aromatic N) is 5. The molecule has 1 saturated carbocycles. The molecule has 11 heteroatoms. The highest BCUT2D eigenvalue weighted by Crippen LogP contribution is 2.35. The molecule has 4 aromatic rings. The molecule has 10 nitrogen and oxygen atoms in total. The zero-order chi connectivity index (χ0) is 23.4. The van der Waals surface area contributed by atoms with Crippen molar-refractivity contribution in [2.24, 2.45) is 0 Å². The van der Waals surface area contributed by atoms with Crippen LogP contribution in [0, 0.1) is 0 Å². The van der Waals surface area contributed by atoms with Gasteiger partial charge < -0.3 is 25.0 Å². The minimum Gasteiger partial charge on any atom is -0.391 e. The second-order valence-corrected chi connectivity index (χ2v) is 8.74. The fraction of sp³-hybridized carbons (Fsp3) is 0.391. The molecule has 0 aromatic carbocycles. The Balaban J connectivity index is 1.48. The first kappa shape index (κ1) is 21.0. The molecule has 0 spiro atoms. The molecule has 1 amide bonds. The lowest BCUT2D eigenvalue weighted by Gasteiger charge is -2.32. The Hall–Kier alpha value is -3.57. The number of hydrogen-bond acceptors (Lipinski definition) is 7. The van der Waals surface area contributed by atoms with Gasteiger partial charge in [0.2, 0.25) is 0 Å². The van der Waals surface area contributed by atoms with Gasteiger partial charge in [-0.05, 0) is 25.0 Å². The van der Waals surface area contributed by atoms with Gasteiger partial charge in [0.25, 0.3) is 5.91 Å². The molecular weight excluding hydrogens is 441 g/mol. The molecular formula is C23H24FN7O3. The van der Waals surface area contributed by atoms with Gasteiger partial charge in [-0.1, -0.05) is 0 Å². The average Bonchev–Trinajstić information content (AvgIpc) is 3.57. The maximum atomic E-state index is 14.5. The summed E-state index contributed by atoms with van der Waals surface area (Å²) in [4.78, 5) is 22.2. The van der Waals surface area contributed by atoms with E-state index in [9.17, 15) is 14.3 Å². The first-order valence-electron chi connectivity index (χ1n) is 11.3. The van der Waals surface area contributed by atoms with Crippen molar-refractivity contribution in [3.63, 3.8) is 0 Å². The Kier molecular flexibility index (Phi) is 4.96. The Morgan fingerprint density at radius 1 is 1.29 bits per heavy atom. The highest BCUT2D eigenvalue weighted by Gasteiger charge is 2.33. The molecule has 1 aliphatic carbocycles. The first-order valence-corrected chi connectivity index (χ1v) is 11.3. The lowest BCUT2D eigenvalue weighted by Crippen LogP contribution is -2.50. The van der Waals surface area contributed by atoms with Crippen LogP contribution in [0.2, 0.25) is 0 Å². The van der Waals surface area contributed by atoms with Crippen LogP contribution in [-0.2, 0) is 4.74 Å². The summed E-state index contributed by atoms with van der Waals surface area (Å²) >= 11 is 0.